The van der Waals surface area contributed by atoms with Gasteiger partial charge in [0.15, 0.2) is 0 Å². The number of carboxylic acid groups (broad SMARTS) is 1. The molecular formula is C14H19NO4. The van der Waals surface area contributed by atoms with Crippen LogP contribution in [-0.4, -0.2) is 41.5 Å². The van der Waals surface area contributed by atoms with Crippen molar-refractivity contribution >= 4 is 5.97 Å². The van der Waals surface area contributed by atoms with Crippen LogP contribution in [0.25, 0.3) is 0 Å². The van der Waals surface area contributed by atoms with E-state index >= 15 is 0 Å². The van der Waals surface area contributed by atoms with Gasteiger partial charge in [-0.3, -0.25) is 0 Å². The number of carbonyl (C=O) groups is 1. The van der Waals surface area contributed by atoms with E-state index in [9.17, 15) is 15.1 Å². The molecule has 104 valence electrons. The first-order valence-electron chi connectivity index (χ1n) is 6.79. The van der Waals surface area contributed by atoms with Gasteiger partial charge in [0.05, 0.1) is 6.10 Å². The molecule has 5 nitrogen and oxygen atoms in total. The summed E-state index contributed by atoms with van der Waals surface area (Å²) in [7, 11) is 1.60. The third-order valence-electron chi connectivity index (χ3n) is 4.87. The van der Waals surface area contributed by atoms with E-state index in [1.54, 1.807) is 7.11 Å². The van der Waals surface area contributed by atoms with Crippen LogP contribution in [0.2, 0.25) is 0 Å². The van der Waals surface area contributed by atoms with Crippen LogP contribution in [-0.2, 0) is 9.53 Å². The Hall–Kier alpha value is -1.17. The standard InChI is InChI=1S/C14H19NO4/c1-3-8-7-15(18)12(8)9-5-4-6-10(19-2)11(9)13(15)14(16)17/h3,9-10,12H,4-7H2,1-2H3,(H,16,17)/b8-3+/t9-,10-,12+,15?/m1/s1. The van der Waals surface area contributed by atoms with Gasteiger partial charge < -0.3 is 19.7 Å². The van der Waals surface area contributed by atoms with Crippen molar-refractivity contribution in [1.82, 2.24) is 0 Å². The number of hydrogen-bond donors (Lipinski definition) is 1. The zero-order chi connectivity index (χ0) is 13.8. The molecule has 1 aliphatic carbocycles. The Morgan fingerprint density at radius 1 is 1.53 bits per heavy atom. The molecule has 0 aromatic carbocycles. The topological polar surface area (TPSA) is 69.6 Å². The first-order chi connectivity index (χ1) is 9.04. The minimum atomic E-state index is -1.07. The molecular weight excluding hydrogens is 246 g/mol. The third kappa shape index (κ3) is 1.49. The lowest BCUT2D eigenvalue weighted by Gasteiger charge is -2.55. The molecule has 5 heteroatoms. The van der Waals surface area contributed by atoms with E-state index in [1.807, 2.05) is 13.0 Å². The Balaban J connectivity index is 2.12. The zero-order valence-electron chi connectivity index (χ0n) is 11.3. The Morgan fingerprint density at radius 2 is 2.26 bits per heavy atom. The molecule has 1 saturated heterocycles. The van der Waals surface area contributed by atoms with Gasteiger partial charge >= 0.3 is 5.97 Å². The van der Waals surface area contributed by atoms with Crippen LogP contribution in [0.15, 0.2) is 22.9 Å². The number of hydrogen-bond acceptors (Lipinski definition) is 3. The number of aliphatic carboxylic acids is 1. The van der Waals surface area contributed by atoms with Gasteiger partial charge in [-0.25, -0.2) is 4.79 Å². The Kier molecular flexibility index (Phi) is 2.81. The minimum Gasteiger partial charge on any atom is -0.626 e. The second kappa shape index (κ2) is 4.16. The maximum absolute atomic E-state index is 12.9. The van der Waals surface area contributed by atoms with E-state index in [1.165, 1.54) is 0 Å². The van der Waals surface area contributed by atoms with Gasteiger partial charge in [0.2, 0.25) is 5.70 Å². The van der Waals surface area contributed by atoms with Gasteiger partial charge in [-0.2, -0.15) is 0 Å². The summed E-state index contributed by atoms with van der Waals surface area (Å²) in [6, 6.07) is -0.205. The van der Waals surface area contributed by atoms with Crippen molar-refractivity contribution in [2.75, 3.05) is 13.7 Å². The maximum Gasteiger partial charge on any atom is 0.390 e. The van der Waals surface area contributed by atoms with E-state index in [4.69, 9.17) is 4.74 Å². The van der Waals surface area contributed by atoms with Crippen LogP contribution in [0.1, 0.15) is 26.2 Å². The molecule has 0 aromatic rings. The summed E-state index contributed by atoms with van der Waals surface area (Å²) in [5.41, 5.74) is 1.91. The quantitative estimate of drug-likeness (QED) is 0.469. The number of methoxy groups -OCH3 is 1. The molecule has 2 aliphatic heterocycles. The molecule has 1 unspecified atom stereocenters. The molecule has 0 bridgehead atoms. The SMILES string of the molecule is C/C=C1\C[N+]2([O-])C(C(=O)O)=C3[C@@H](CCC[C@H]3OC)[C@H]12. The molecule has 3 rings (SSSR count). The number of carboxylic acids is 1. The monoisotopic (exact) mass is 265 g/mol. The van der Waals surface area contributed by atoms with Crippen LogP contribution >= 0.6 is 0 Å². The van der Waals surface area contributed by atoms with Crippen LogP contribution in [0.5, 0.6) is 0 Å². The molecule has 0 aromatic heterocycles. The summed E-state index contributed by atoms with van der Waals surface area (Å²) in [5, 5.41) is 22.4. The summed E-state index contributed by atoms with van der Waals surface area (Å²) in [5.74, 6) is -1.01. The van der Waals surface area contributed by atoms with E-state index in [0.29, 0.717) is 6.54 Å². The van der Waals surface area contributed by atoms with Gasteiger partial charge in [0.25, 0.3) is 0 Å². The zero-order valence-corrected chi connectivity index (χ0v) is 11.3. The first kappa shape index (κ1) is 12.8. The molecule has 2 fully saturated rings. The Morgan fingerprint density at radius 3 is 2.84 bits per heavy atom. The van der Waals surface area contributed by atoms with Gasteiger partial charge in [-0.05, 0) is 26.2 Å². The lowest BCUT2D eigenvalue weighted by molar-refractivity contribution is -0.884. The minimum absolute atomic E-state index is 0.0483. The molecule has 0 amide bonds. The second-order valence-corrected chi connectivity index (χ2v) is 5.63. The van der Waals surface area contributed by atoms with Crippen molar-refractivity contribution in [2.45, 2.75) is 38.3 Å². The van der Waals surface area contributed by atoms with E-state index < -0.39 is 10.6 Å². The molecule has 19 heavy (non-hydrogen) atoms. The molecule has 0 spiro atoms. The highest BCUT2D eigenvalue weighted by Gasteiger charge is 2.62. The number of quaternary nitrogens is 1. The fourth-order valence-electron chi connectivity index (χ4n) is 4.13. The molecule has 2 heterocycles. The van der Waals surface area contributed by atoms with Crippen LogP contribution in [0.4, 0.5) is 0 Å². The average molecular weight is 265 g/mol. The van der Waals surface area contributed by atoms with E-state index in [2.05, 4.69) is 0 Å². The summed E-state index contributed by atoms with van der Waals surface area (Å²) in [6.07, 6.45) is 4.48. The van der Waals surface area contributed by atoms with E-state index in [0.717, 1.165) is 30.4 Å². The third-order valence-corrected chi connectivity index (χ3v) is 4.87. The highest BCUT2D eigenvalue weighted by Crippen LogP contribution is 2.55. The van der Waals surface area contributed by atoms with Gasteiger partial charge in [-0.1, -0.05) is 6.08 Å². The number of nitrogens with zero attached hydrogens (tertiary/aromatic N) is 1. The largest absolute Gasteiger partial charge is 0.626 e. The molecule has 4 atom stereocenters. The van der Waals surface area contributed by atoms with Gasteiger partial charge in [0, 0.05) is 24.2 Å². The van der Waals surface area contributed by atoms with Crippen molar-refractivity contribution < 1.29 is 19.3 Å². The molecule has 3 aliphatic rings. The van der Waals surface area contributed by atoms with E-state index in [-0.39, 0.29) is 23.8 Å². The second-order valence-electron chi connectivity index (χ2n) is 5.63. The van der Waals surface area contributed by atoms with Crippen molar-refractivity contribution in [2.24, 2.45) is 5.92 Å². The number of hydroxylamine groups is 3. The summed E-state index contributed by atoms with van der Waals surface area (Å²) < 4.78 is 4.76. The van der Waals surface area contributed by atoms with Gasteiger partial charge in [0.1, 0.15) is 12.6 Å². The fraction of sp³-hybridized carbons (Fsp3) is 0.643. The fourth-order valence-corrected chi connectivity index (χ4v) is 4.13. The smallest absolute Gasteiger partial charge is 0.390 e. The Bertz CT molecular complexity index is 496. The number of ether oxygens (including phenoxy) is 1. The highest BCUT2D eigenvalue weighted by molar-refractivity contribution is 5.86. The van der Waals surface area contributed by atoms with Crippen LogP contribution in [0, 0.1) is 11.1 Å². The summed E-state index contributed by atoms with van der Waals surface area (Å²) in [6.45, 7) is 2.22. The summed E-state index contributed by atoms with van der Waals surface area (Å²) in [4.78, 5) is 11.6. The number of allylic oxidation sites excluding steroid dienone is 1. The number of fused-ring (bicyclic) bond motifs is 3. The first-order valence-corrected chi connectivity index (χ1v) is 6.79. The van der Waals surface area contributed by atoms with Crippen LogP contribution in [0.3, 0.4) is 0 Å². The van der Waals surface area contributed by atoms with Crippen LogP contribution < -0.4 is 0 Å². The van der Waals surface area contributed by atoms with Crippen molar-refractivity contribution in [3.8, 4) is 0 Å². The average Bonchev–Trinajstić information content (AvgIpc) is 2.56. The lowest BCUT2D eigenvalue weighted by Crippen LogP contribution is -2.62. The number of rotatable bonds is 2. The molecule has 0 radical (unpaired) electrons. The molecule has 1 N–H and O–H groups in total. The van der Waals surface area contributed by atoms with Gasteiger partial charge in [-0.15, -0.1) is 0 Å². The van der Waals surface area contributed by atoms with Crippen molar-refractivity contribution in [3.63, 3.8) is 0 Å². The predicted octanol–water partition coefficient (Wildman–Crippen LogP) is 1.80. The highest BCUT2D eigenvalue weighted by atomic mass is 16.6. The normalized spacial score (nSPS) is 42.9. The molecule has 1 saturated carbocycles. The lowest BCUT2D eigenvalue weighted by atomic mass is 9.75. The predicted molar refractivity (Wildman–Crippen MR) is 68.8 cm³/mol. The summed E-state index contributed by atoms with van der Waals surface area (Å²) >= 11 is 0. The Labute approximate surface area is 112 Å². The van der Waals surface area contributed by atoms with Crippen molar-refractivity contribution in [1.29, 1.82) is 0 Å². The maximum atomic E-state index is 12.9. The van der Waals surface area contributed by atoms with Crippen molar-refractivity contribution in [3.05, 3.63) is 28.1 Å².